The van der Waals surface area contributed by atoms with Crippen LogP contribution < -0.4 is 4.52 Å². The molecule has 0 saturated heterocycles. The first kappa shape index (κ1) is 38.2. The molecule has 9 heteroatoms. The van der Waals surface area contributed by atoms with Crippen LogP contribution >= 0.6 is 19.6 Å². The van der Waals surface area contributed by atoms with Crippen molar-refractivity contribution in [2.75, 3.05) is 26.9 Å². The number of hydrogen-bond acceptors (Lipinski definition) is 7. The van der Waals surface area contributed by atoms with Gasteiger partial charge in [-0.3, -0.25) is 9.42 Å². The van der Waals surface area contributed by atoms with Crippen molar-refractivity contribution in [3.63, 3.8) is 0 Å². The molecule has 0 amide bonds. The van der Waals surface area contributed by atoms with Crippen LogP contribution in [0.4, 0.5) is 0 Å². The lowest BCUT2D eigenvalue weighted by molar-refractivity contribution is -0.0197. The van der Waals surface area contributed by atoms with Crippen LogP contribution in [0.3, 0.4) is 0 Å². The quantitative estimate of drug-likeness (QED) is 0.0751. The molecule has 1 heterocycles. The zero-order chi connectivity index (χ0) is 31.2. The van der Waals surface area contributed by atoms with Gasteiger partial charge in [0.15, 0.2) is 0 Å². The standard InChI is InChI=1S/C34H60NO6PS/c1-5-6-7-8-9-10-11-12-13-14-15-16-17-18-23-39-28-33(38-4)29-40-42(36,37)41-32-21-19-20-31(26-32)27-35-22-24-43-34(35)25-30(2)3/h19-22,24,26,30,33-34H,5-18,23,25,27-29H2,1-4H3,(H,36,37). The van der Waals surface area contributed by atoms with Crippen molar-refractivity contribution in [3.05, 3.63) is 41.4 Å². The molecule has 0 radical (unpaired) electrons. The summed E-state index contributed by atoms with van der Waals surface area (Å²) in [5.74, 6) is 0.917. The van der Waals surface area contributed by atoms with E-state index in [1.165, 1.54) is 77.0 Å². The van der Waals surface area contributed by atoms with E-state index in [9.17, 15) is 9.46 Å². The molecule has 1 aliphatic heterocycles. The molecule has 0 aliphatic carbocycles. The number of unbranched alkanes of at least 4 members (excludes halogenated alkanes) is 13. The number of ether oxygens (including phenoxy) is 2. The smallest absolute Gasteiger partial charge is 0.404 e. The number of benzene rings is 1. The minimum Gasteiger partial charge on any atom is -0.404 e. The van der Waals surface area contributed by atoms with Gasteiger partial charge in [0.1, 0.15) is 11.9 Å². The Morgan fingerprint density at radius 3 is 2.16 bits per heavy atom. The van der Waals surface area contributed by atoms with Crippen LogP contribution in [0.1, 0.15) is 123 Å². The Kier molecular flexibility index (Phi) is 20.7. The van der Waals surface area contributed by atoms with E-state index in [1.54, 1.807) is 19.2 Å². The maximum absolute atomic E-state index is 12.6. The highest BCUT2D eigenvalue weighted by Crippen LogP contribution is 2.44. The van der Waals surface area contributed by atoms with Gasteiger partial charge in [-0.1, -0.05) is 116 Å². The van der Waals surface area contributed by atoms with Gasteiger partial charge >= 0.3 is 7.82 Å². The number of methoxy groups -OCH3 is 1. The summed E-state index contributed by atoms with van der Waals surface area (Å²) in [6.45, 7) is 8.31. The molecule has 1 aromatic rings. The predicted molar refractivity (Wildman–Crippen MR) is 180 cm³/mol. The maximum atomic E-state index is 12.6. The molecule has 248 valence electrons. The van der Waals surface area contributed by atoms with Crippen molar-refractivity contribution < 1.29 is 28.0 Å². The Morgan fingerprint density at radius 2 is 1.56 bits per heavy atom. The summed E-state index contributed by atoms with van der Waals surface area (Å²) in [6.07, 6.45) is 21.3. The number of thioether (sulfide) groups is 1. The van der Waals surface area contributed by atoms with E-state index in [0.29, 0.717) is 36.8 Å². The van der Waals surface area contributed by atoms with Crippen LogP contribution in [-0.4, -0.2) is 48.2 Å². The molecule has 0 fully saturated rings. The van der Waals surface area contributed by atoms with E-state index >= 15 is 0 Å². The molecule has 0 aromatic heterocycles. The van der Waals surface area contributed by atoms with Crippen molar-refractivity contribution in [2.45, 2.75) is 135 Å². The second kappa shape index (κ2) is 23.3. The fourth-order valence-corrected chi connectivity index (χ4v) is 7.17. The summed E-state index contributed by atoms with van der Waals surface area (Å²) >= 11 is 1.83. The van der Waals surface area contributed by atoms with Crippen molar-refractivity contribution in [1.29, 1.82) is 0 Å². The molecule has 7 nitrogen and oxygen atoms in total. The minimum atomic E-state index is -4.31. The SMILES string of the molecule is CCCCCCCCCCCCCCCCOCC(COP(=O)(O)Oc1cccc(CN2C=CSC2CC(C)C)c1)OC. The van der Waals surface area contributed by atoms with Crippen LogP contribution in [0.2, 0.25) is 0 Å². The molecule has 0 spiro atoms. The molecule has 3 atom stereocenters. The second-order valence-electron chi connectivity index (χ2n) is 12.2. The van der Waals surface area contributed by atoms with Crippen LogP contribution in [0.15, 0.2) is 35.9 Å². The lowest BCUT2D eigenvalue weighted by atomic mass is 10.0. The Hall–Kier alpha value is -1.02. The number of phosphoric ester groups is 1. The Labute approximate surface area is 267 Å². The first-order valence-electron chi connectivity index (χ1n) is 16.8. The lowest BCUT2D eigenvalue weighted by Crippen LogP contribution is -2.25. The highest BCUT2D eigenvalue weighted by molar-refractivity contribution is 8.02. The highest BCUT2D eigenvalue weighted by Gasteiger charge is 2.26. The zero-order valence-electron chi connectivity index (χ0n) is 27.4. The first-order chi connectivity index (χ1) is 20.8. The van der Waals surface area contributed by atoms with Gasteiger partial charge in [-0.2, -0.15) is 0 Å². The fraction of sp³-hybridized carbons (Fsp3) is 0.765. The predicted octanol–water partition coefficient (Wildman–Crippen LogP) is 10.1. The molecule has 1 aromatic carbocycles. The van der Waals surface area contributed by atoms with Crippen molar-refractivity contribution in [1.82, 2.24) is 4.90 Å². The first-order valence-corrected chi connectivity index (χ1v) is 19.2. The lowest BCUT2D eigenvalue weighted by Gasteiger charge is -2.26. The topological polar surface area (TPSA) is 77.5 Å². The van der Waals surface area contributed by atoms with Crippen LogP contribution in [0.25, 0.3) is 0 Å². The number of nitrogens with zero attached hydrogens (tertiary/aromatic N) is 1. The molecule has 3 unspecified atom stereocenters. The zero-order valence-corrected chi connectivity index (χ0v) is 29.1. The number of rotatable bonds is 27. The molecule has 0 saturated carbocycles. The molecule has 43 heavy (non-hydrogen) atoms. The average molecular weight is 642 g/mol. The fourth-order valence-electron chi connectivity index (χ4n) is 5.17. The van der Waals surface area contributed by atoms with Crippen LogP contribution in [-0.2, 0) is 25.1 Å². The summed E-state index contributed by atoms with van der Waals surface area (Å²) in [5.41, 5.74) is 1.00. The second-order valence-corrected chi connectivity index (χ2v) is 14.7. The van der Waals surface area contributed by atoms with Crippen LogP contribution in [0, 0.1) is 5.92 Å². The van der Waals surface area contributed by atoms with E-state index in [2.05, 4.69) is 37.3 Å². The van der Waals surface area contributed by atoms with Gasteiger partial charge < -0.3 is 18.9 Å². The molecule has 1 aliphatic rings. The summed E-state index contributed by atoms with van der Waals surface area (Å²) in [6, 6.07) is 7.29. The van der Waals surface area contributed by atoms with E-state index in [1.807, 2.05) is 23.9 Å². The van der Waals surface area contributed by atoms with E-state index in [-0.39, 0.29) is 6.61 Å². The van der Waals surface area contributed by atoms with Crippen molar-refractivity contribution in [3.8, 4) is 5.75 Å². The third-order valence-corrected chi connectivity index (χ3v) is 9.69. The van der Waals surface area contributed by atoms with Gasteiger partial charge in [-0.25, -0.2) is 4.57 Å². The maximum Gasteiger partial charge on any atom is 0.527 e. The van der Waals surface area contributed by atoms with Crippen LogP contribution in [0.5, 0.6) is 5.75 Å². The van der Waals surface area contributed by atoms with Gasteiger partial charge in [0.05, 0.1) is 18.6 Å². The highest BCUT2D eigenvalue weighted by atomic mass is 32.2. The summed E-state index contributed by atoms with van der Waals surface area (Å²) in [5, 5.41) is 2.53. The number of hydrogen-bond donors (Lipinski definition) is 1. The monoisotopic (exact) mass is 641 g/mol. The van der Waals surface area contributed by atoms with Gasteiger partial charge in [0.2, 0.25) is 0 Å². The van der Waals surface area contributed by atoms with Crippen molar-refractivity contribution >= 4 is 19.6 Å². The third kappa shape index (κ3) is 18.5. The number of phosphoric acid groups is 1. The minimum absolute atomic E-state index is 0.0879. The van der Waals surface area contributed by atoms with E-state index in [0.717, 1.165) is 24.8 Å². The van der Waals surface area contributed by atoms with Gasteiger partial charge in [0, 0.05) is 26.5 Å². The average Bonchev–Trinajstić information content (AvgIpc) is 3.39. The van der Waals surface area contributed by atoms with E-state index < -0.39 is 13.9 Å². The van der Waals surface area contributed by atoms with Gasteiger partial charge in [-0.05, 0) is 41.9 Å². The molecule has 2 rings (SSSR count). The van der Waals surface area contributed by atoms with Gasteiger partial charge in [-0.15, -0.1) is 11.8 Å². The largest absolute Gasteiger partial charge is 0.527 e. The van der Waals surface area contributed by atoms with E-state index in [4.69, 9.17) is 18.5 Å². The molecular formula is C34H60NO6PS. The molecule has 1 N–H and O–H groups in total. The summed E-state index contributed by atoms with van der Waals surface area (Å²) < 4.78 is 34.4. The third-order valence-electron chi connectivity index (χ3n) is 7.72. The van der Waals surface area contributed by atoms with Gasteiger partial charge in [0.25, 0.3) is 0 Å². The normalized spacial score (nSPS) is 17.1. The molecule has 0 bridgehead atoms. The Morgan fingerprint density at radius 1 is 0.930 bits per heavy atom. The summed E-state index contributed by atoms with van der Waals surface area (Å²) in [7, 11) is -2.76. The summed E-state index contributed by atoms with van der Waals surface area (Å²) in [4.78, 5) is 12.6. The molecular weight excluding hydrogens is 581 g/mol. The Balaban J connectivity index is 1.54. The van der Waals surface area contributed by atoms with Crippen molar-refractivity contribution in [2.24, 2.45) is 5.92 Å². The Bertz CT molecular complexity index is 917.